The van der Waals surface area contributed by atoms with E-state index in [4.69, 9.17) is 0 Å². The number of aromatic amines is 1. The number of hydrogen-bond acceptors (Lipinski definition) is 0. The highest BCUT2D eigenvalue weighted by molar-refractivity contribution is 5.63. The van der Waals surface area contributed by atoms with Crippen LogP contribution in [0.1, 0.15) is 36.6 Å². The Kier molecular flexibility index (Phi) is 1.38. The van der Waals surface area contributed by atoms with Crippen LogP contribution in [0.5, 0.6) is 0 Å². The summed E-state index contributed by atoms with van der Waals surface area (Å²) in [4.78, 5) is 3.32. The first-order valence-electron chi connectivity index (χ1n) is 4.21. The standard InChI is InChI=1S/C10H13N/c1-3-8-6-11-10-7(2)4-5-9(8)10/h4-7,11H,3H2,1-2H3. The van der Waals surface area contributed by atoms with Crippen LogP contribution in [0.4, 0.5) is 0 Å². The van der Waals surface area contributed by atoms with Gasteiger partial charge in [0.25, 0.3) is 0 Å². The molecule has 1 heteroatoms. The smallest absolute Gasteiger partial charge is 0.0290 e. The molecule has 0 bridgehead atoms. The van der Waals surface area contributed by atoms with Crippen LogP contribution in [-0.4, -0.2) is 4.98 Å². The van der Waals surface area contributed by atoms with Gasteiger partial charge in [-0.2, -0.15) is 0 Å². The van der Waals surface area contributed by atoms with Gasteiger partial charge in [-0.05, 0) is 17.5 Å². The molecule has 1 N–H and O–H groups in total. The average molecular weight is 147 g/mol. The fourth-order valence-corrected chi connectivity index (χ4v) is 1.70. The molecule has 1 aromatic rings. The topological polar surface area (TPSA) is 15.8 Å². The first kappa shape index (κ1) is 6.71. The van der Waals surface area contributed by atoms with E-state index in [1.165, 1.54) is 16.8 Å². The SMILES string of the molecule is CCc1c[nH]c2c1C=CC2C. The van der Waals surface area contributed by atoms with Crippen LogP contribution in [0.25, 0.3) is 6.08 Å². The predicted octanol–water partition coefficient (Wildman–Crippen LogP) is 2.71. The summed E-state index contributed by atoms with van der Waals surface area (Å²) in [6.45, 7) is 4.42. The molecule has 1 aliphatic carbocycles. The third-order valence-electron chi connectivity index (χ3n) is 2.43. The average Bonchev–Trinajstić information content (AvgIpc) is 2.53. The first-order chi connectivity index (χ1) is 5.33. The van der Waals surface area contributed by atoms with E-state index in [1.54, 1.807) is 0 Å². The number of H-pyrrole nitrogens is 1. The van der Waals surface area contributed by atoms with Gasteiger partial charge in [-0.25, -0.2) is 0 Å². The van der Waals surface area contributed by atoms with E-state index in [0.29, 0.717) is 5.92 Å². The zero-order chi connectivity index (χ0) is 7.84. The van der Waals surface area contributed by atoms with E-state index < -0.39 is 0 Å². The Bertz CT molecular complexity index is 294. The first-order valence-corrected chi connectivity index (χ1v) is 4.21. The summed E-state index contributed by atoms with van der Waals surface area (Å²) in [6, 6.07) is 0. The molecule has 1 aliphatic rings. The van der Waals surface area contributed by atoms with Crippen LogP contribution in [0.2, 0.25) is 0 Å². The van der Waals surface area contributed by atoms with Gasteiger partial charge < -0.3 is 4.98 Å². The summed E-state index contributed by atoms with van der Waals surface area (Å²) in [5, 5.41) is 0. The van der Waals surface area contributed by atoms with Gasteiger partial charge in [-0.1, -0.05) is 26.0 Å². The van der Waals surface area contributed by atoms with Crippen molar-refractivity contribution in [2.45, 2.75) is 26.2 Å². The van der Waals surface area contributed by atoms with Crippen LogP contribution < -0.4 is 0 Å². The number of nitrogens with one attached hydrogen (secondary N) is 1. The van der Waals surface area contributed by atoms with Gasteiger partial charge >= 0.3 is 0 Å². The molecule has 0 saturated carbocycles. The maximum Gasteiger partial charge on any atom is 0.0290 e. The maximum absolute atomic E-state index is 3.32. The van der Waals surface area contributed by atoms with E-state index in [9.17, 15) is 0 Å². The molecular formula is C10H13N. The van der Waals surface area contributed by atoms with Crippen molar-refractivity contribution >= 4 is 6.08 Å². The molecule has 0 amide bonds. The maximum atomic E-state index is 3.32. The molecule has 0 fully saturated rings. The van der Waals surface area contributed by atoms with Crippen molar-refractivity contribution in [3.05, 3.63) is 29.1 Å². The van der Waals surface area contributed by atoms with E-state index in [0.717, 1.165) is 6.42 Å². The second-order valence-corrected chi connectivity index (χ2v) is 3.14. The largest absolute Gasteiger partial charge is 0.364 e. The minimum absolute atomic E-state index is 0.588. The Morgan fingerprint density at radius 3 is 3.09 bits per heavy atom. The molecule has 0 aromatic carbocycles. The molecule has 0 aliphatic heterocycles. The molecule has 0 saturated heterocycles. The van der Waals surface area contributed by atoms with E-state index in [-0.39, 0.29) is 0 Å². The second-order valence-electron chi connectivity index (χ2n) is 3.14. The van der Waals surface area contributed by atoms with E-state index in [1.807, 2.05) is 0 Å². The number of aryl methyl sites for hydroxylation is 1. The Labute approximate surface area is 67.1 Å². The zero-order valence-corrected chi connectivity index (χ0v) is 7.02. The van der Waals surface area contributed by atoms with Crippen LogP contribution in [-0.2, 0) is 6.42 Å². The number of allylic oxidation sites excluding steroid dienone is 1. The number of rotatable bonds is 1. The van der Waals surface area contributed by atoms with Gasteiger partial charge in [0.05, 0.1) is 0 Å². The summed E-state index contributed by atoms with van der Waals surface area (Å²) < 4.78 is 0. The minimum Gasteiger partial charge on any atom is -0.364 e. The number of fused-ring (bicyclic) bond motifs is 1. The Morgan fingerprint density at radius 1 is 1.55 bits per heavy atom. The van der Waals surface area contributed by atoms with Crippen LogP contribution >= 0.6 is 0 Å². The summed E-state index contributed by atoms with van der Waals surface area (Å²) in [6.07, 6.45) is 7.74. The van der Waals surface area contributed by atoms with Gasteiger partial charge in [-0.3, -0.25) is 0 Å². The Hall–Kier alpha value is -0.980. The number of aromatic nitrogens is 1. The lowest BCUT2D eigenvalue weighted by Gasteiger charge is -1.97. The van der Waals surface area contributed by atoms with E-state index >= 15 is 0 Å². The Balaban J connectivity index is 2.51. The lowest BCUT2D eigenvalue weighted by Crippen LogP contribution is -1.85. The van der Waals surface area contributed by atoms with Crippen molar-refractivity contribution in [3.63, 3.8) is 0 Å². The molecule has 1 unspecified atom stereocenters. The lowest BCUT2D eigenvalue weighted by atomic mass is 10.1. The normalized spacial score (nSPS) is 20.7. The fourth-order valence-electron chi connectivity index (χ4n) is 1.70. The molecule has 11 heavy (non-hydrogen) atoms. The fraction of sp³-hybridized carbons (Fsp3) is 0.400. The summed E-state index contributed by atoms with van der Waals surface area (Å²) in [5.41, 5.74) is 4.27. The quantitative estimate of drug-likeness (QED) is 0.628. The molecule has 1 nitrogen and oxygen atoms in total. The van der Waals surface area contributed by atoms with Crippen LogP contribution in [0.3, 0.4) is 0 Å². The highest BCUT2D eigenvalue weighted by Crippen LogP contribution is 2.30. The van der Waals surface area contributed by atoms with Crippen molar-refractivity contribution in [2.24, 2.45) is 0 Å². The van der Waals surface area contributed by atoms with Crippen LogP contribution in [0.15, 0.2) is 12.3 Å². The van der Waals surface area contributed by atoms with Crippen molar-refractivity contribution in [2.75, 3.05) is 0 Å². The third kappa shape index (κ3) is 0.839. The van der Waals surface area contributed by atoms with Gasteiger partial charge in [0.2, 0.25) is 0 Å². The molecule has 0 spiro atoms. The number of hydrogen-bond donors (Lipinski definition) is 1. The molecule has 0 radical (unpaired) electrons. The van der Waals surface area contributed by atoms with Gasteiger partial charge in [0.1, 0.15) is 0 Å². The summed E-state index contributed by atoms with van der Waals surface area (Å²) >= 11 is 0. The third-order valence-corrected chi connectivity index (χ3v) is 2.43. The van der Waals surface area contributed by atoms with Crippen molar-refractivity contribution in [1.29, 1.82) is 0 Å². The monoisotopic (exact) mass is 147 g/mol. The summed E-state index contributed by atoms with van der Waals surface area (Å²) in [7, 11) is 0. The molecule has 58 valence electrons. The predicted molar refractivity (Wildman–Crippen MR) is 47.6 cm³/mol. The van der Waals surface area contributed by atoms with Gasteiger partial charge in [0.15, 0.2) is 0 Å². The lowest BCUT2D eigenvalue weighted by molar-refractivity contribution is 0.940. The molecule has 2 rings (SSSR count). The summed E-state index contributed by atoms with van der Waals surface area (Å²) in [5.74, 6) is 0.588. The molecule has 1 heterocycles. The van der Waals surface area contributed by atoms with Crippen molar-refractivity contribution in [1.82, 2.24) is 4.98 Å². The molecule has 1 atom stereocenters. The zero-order valence-electron chi connectivity index (χ0n) is 7.02. The van der Waals surface area contributed by atoms with Crippen molar-refractivity contribution < 1.29 is 0 Å². The molecule has 1 aromatic heterocycles. The van der Waals surface area contributed by atoms with Gasteiger partial charge in [0, 0.05) is 17.8 Å². The highest BCUT2D eigenvalue weighted by atomic mass is 14.7. The van der Waals surface area contributed by atoms with Crippen LogP contribution in [0, 0.1) is 0 Å². The van der Waals surface area contributed by atoms with Gasteiger partial charge in [-0.15, -0.1) is 0 Å². The van der Waals surface area contributed by atoms with Crippen molar-refractivity contribution in [3.8, 4) is 0 Å². The Morgan fingerprint density at radius 2 is 2.36 bits per heavy atom. The second kappa shape index (κ2) is 2.26. The highest BCUT2D eigenvalue weighted by Gasteiger charge is 2.16. The van der Waals surface area contributed by atoms with E-state index in [2.05, 4.69) is 37.2 Å². The minimum atomic E-state index is 0.588. The molecular weight excluding hydrogens is 134 g/mol.